The summed E-state index contributed by atoms with van der Waals surface area (Å²) in [6.45, 7) is 8.64. The Kier molecular flexibility index (Phi) is 5.98. The molecule has 0 radical (unpaired) electrons. The molecule has 0 unspecified atom stereocenters. The Balaban J connectivity index is 2.09. The van der Waals surface area contributed by atoms with Crippen molar-refractivity contribution in [1.82, 2.24) is 24.3 Å². The van der Waals surface area contributed by atoms with Crippen molar-refractivity contribution in [2.75, 3.05) is 33.2 Å². The third kappa shape index (κ3) is 3.78. The summed E-state index contributed by atoms with van der Waals surface area (Å²) in [4.78, 5) is 26.5. The SMILES string of the molecule is CCC[C@@H](c1nc2ncc(F)cc2c(=O)n1CC)N1CCCN(C)CC1. The van der Waals surface area contributed by atoms with Gasteiger partial charge in [0, 0.05) is 26.2 Å². The lowest BCUT2D eigenvalue weighted by Gasteiger charge is -2.31. The van der Waals surface area contributed by atoms with E-state index in [-0.39, 0.29) is 17.0 Å². The van der Waals surface area contributed by atoms with Crippen molar-refractivity contribution in [2.45, 2.75) is 45.7 Å². The highest BCUT2D eigenvalue weighted by Crippen LogP contribution is 2.26. The van der Waals surface area contributed by atoms with Crippen LogP contribution in [-0.4, -0.2) is 57.6 Å². The standard InChI is InChI=1S/C19H28FN5O/c1-4-7-16(24-9-6-8-23(3)10-11-24)18-22-17-15(12-14(20)13-21-17)19(26)25(18)5-2/h12-13,16H,4-11H2,1-3H3/t16-/m0/s1. The molecule has 6 nitrogen and oxygen atoms in total. The van der Waals surface area contributed by atoms with Gasteiger partial charge in [-0.1, -0.05) is 13.3 Å². The van der Waals surface area contributed by atoms with Gasteiger partial charge in [-0.2, -0.15) is 0 Å². The topological polar surface area (TPSA) is 54.3 Å². The molecule has 1 aliphatic heterocycles. The van der Waals surface area contributed by atoms with E-state index >= 15 is 0 Å². The Labute approximate surface area is 153 Å². The van der Waals surface area contributed by atoms with E-state index in [4.69, 9.17) is 4.98 Å². The molecule has 1 atom stereocenters. The van der Waals surface area contributed by atoms with Gasteiger partial charge in [-0.15, -0.1) is 0 Å². The first-order valence-corrected chi connectivity index (χ1v) is 9.53. The number of halogens is 1. The van der Waals surface area contributed by atoms with Gasteiger partial charge in [0.25, 0.3) is 5.56 Å². The molecule has 7 heteroatoms. The number of hydrogen-bond donors (Lipinski definition) is 0. The summed E-state index contributed by atoms with van der Waals surface area (Å²) in [5, 5.41) is 0.251. The fourth-order valence-corrected chi connectivity index (χ4v) is 3.78. The van der Waals surface area contributed by atoms with Gasteiger partial charge in [0.2, 0.25) is 0 Å². The minimum atomic E-state index is -0.507. The van der Waals surface area contributed by atoms with E-state index in [1.807, 2.05) is 6.92 Å². The first-order chi connectivity index (χ1) is 12.5. The van der Waals surface area contributed by atoms with Crippen molar-refractivity contribution in [1.29, 1.82) is 0 Å². The number of rotatable bonds is 5. The Morgan fingerprint density at radius 2 is 2.04 bits per heavy atom. The number of hydrogen-bond acceptors (Lipinski definition) is 5. The normalized spacial score (nSPS) is 18.2. The van der Waals surface area contributed by atoms with Crippen LogP contribution in [0.15, 0.2) is 17.1 Å². The van der Waals surface area contributed by atoms with E-state index in [1.54, 1.807) is 4.57 Å². The van der Waals surface area contributed by atoms with Crippen molar-refractivity contribution in [3.05, 3.63) is 34.3 Å². The van der Waals surface area contributed by atoms with Gasteiger partial charge in [0.05, 0.1) is 17.6 Å². The molecule has 3 rings (SSSR count). The Bertz CT molecular complexity index is 821. The minimum Gasteiger partial charge on any atom is -0.305 e. The average molecular weight is 361 g/mol. The van der Waals surface area contributed by atoms with Gasteiger partial charge in [0.15, 0.2) is 5.65 Å². The fourth-order valence-electron chi connectivity index (χ4n) is 3.78. The number of likely N-dealkylation sites (N-methyl/N-ethyl adjacent to an activating group) is 1. The summed E-state index contributed by atoms with van der Waals surface area (Å²) in [6, 6.07) is 1.32. The molecule has 3 heterocycles. The molecule has 0 spiro atoms. The number of nitrogens with zero attached hydrogens (tertiary/aromatic N) is 5. The smallest absolute Gasteiger partial charge is 0.263 e. The lowest BCUT2D eigenvalue weighted by molar-refractivity contribution is 0.180. The minimum absolute atomic E-state index is 0.0791. The largest absolute Gasteiger partial charge is 0.305 e. The second-order valence-electron chi connectivity index (χ2n) is 7.04. The molecule has 142 valence electrons. The first kappa shape index (κ1) is 18.9. The van der Waals surface area contributed by atoms with E-state index in [1.165, 1.54) is 6.07 Å². The third-order valence-electron chi connectivity index (χ3n) is 5.18. The molecule has 0 saturated carbocycles. The number of pyridine rings is 1. The molecule has 1 aliphatic rings. The zero-order valence-corrected chi connectivity index (χ0v) is 15.9. The van der Waals surface area contributed by atoms with Crippen LogP contribution in [-0.2, 0) is 6.54 Å². The van der Waals surface area contributed by atoms with E-state index in [9.17, 15) is 9.18 Å². The summed E-state index contributed by atoms with van der Waals surface area (Å²) in [7, 11) is 2.15. The number of aromatic nitrogens is 3. The maximum Gasteiger partial charge on any atom is 0.263 e. The molecular weight excluding hydrogens is 333 g/mol. The average Bonchev–Trinajstić information content (AvgIpc) is 2.85. The summed E-state index contributed by atoms with van der Waals surface area (Å²) in [5.41, 5.74) is 0.136. The first-order valence-electron chi connectivity index (χ1n) is 9.53. The van der Waals surface area contributed by atoms with Gasteiger partial charge < -0.3 is 4.90 Å². The lowest BCUT2D eigenvalue weighted by atomic mass is 10.1. The van der Waals surface area contributed by atoms with Gasteiger partial charge >= 0.3 is 0 Å². The highest BCUT2D eigenvalue weighted by Gasteiger charge is 2.26. The molecule has 1 saturated heterocycles. The van der Waals surface area contributed by atoms with Crippen LogP contribution >= 0.6 is 0 Å². The molecular formula is C19H28FN5O. The van der Waals surface area contributed by atoms with Crippen molar-refractivity contribution in [3.8, 4) is 0 Å². The van der Waals surface area contributed by atoms with Crippen LogP contribution in [0.1, 0.15) is 45.0 Å². The van der Waals surface area contributed by atoms with Crippen LogP contribution in [0.4, 0.5) is 4.39 Å². The molecule has 26 heavy (non-hydrogen) atoms. The van der Waals surface area contributed by atoms with Crippen molar-refractivity contribution >= 4 is 11.0 Å². The van der Waals surface area contributed by atoms with Crippen LogP contribution < -0.4 is 5.56 Å². The Hall–Kier alpha value is -1.86. The van der Waals surface area contributed by atoms with Crippen LogP contribution in [0, 0.1) is 5.82 Å². The molecule has 0 aliphatic carbocycles. The zero-order valence-electron chi connectivity index (χ0n) is 15.9. The van der Waals surface area contributed by atoms with Gasteiger partial charge in [-0.25, -0.2) is 14.4 Å². The molecule has 2 aromatic heterocycles. The quantitative estimate of drug-likeness (QED) is 0.819. The molecule has 0 N–H and O–H groups in total. The second-order valence-corrected chi connectivity index (χ2v) is 7.04. The van der Waals surface area contributed by atoms with Crippen LogP contribution in [0.25, 0.3) is 11.0 Å². The van der Waals surface area contributed by atoms with Crippen molar-refractivity contribution in [2.24, 2.45) is 0 Å². The maximum atomic E-state index is 13.6. The summed E-state index contributed by atoms with van der Waals surface area (Å²) in [6.07, 6.45) is 4.17. The fraction of sp³-hybridized carbons (Fsp3) is 0.632. The summed E-state index contributed by atoms with van der Waals surface area (Å²) < 4.78 is 15.2. The molecule has 0 amide bonds. The highest BCUT2D eigenvalue weighted by atomic mass is 19.1. The van der Waals surface area contributed by atoms with E-state index in [0.717, 1.165) is 57.5 Å². The van der Waals surface area contributed by atoms with Crippen molar-refractivity contribution < 1.29 is 4.39 Å². The molecule has 2 aromatic rings. The van der Waals surface area contributed by atoms with Crippen LogP contribution in [0.3, 0.4) is 0 Å². The molecule has 1 fully saturated rings. The summed E-state index contributed by atoms with van der Waals surface area (Å²) in [5.74, 6) is 0.253. The van der Waals surface area contributed by atoms with Crippen molar-refractivity contribution in [3.63, 3.8) is 0 Å². The third-order valence-corrected chi connectivity index (χ3v) is 5.18. The predicted octanol–water partition coefficient (Wildman–Crippen LogP) is 2.43. The second kappa shape index (κ2) is 8.22. The molecule has 0 aromatic carbocycles. The monoisotopic (exact) mass is 361 g/mol. The van der Waals surface area contributed by atoms with E-state index < -0.39 is 5.82 Å². The van der Waals surface area contributed by atoms with Gasteiger partial charge in [0.1, 0.15) is 11.6 Å². The van der Waals surface area contributed by atoms with Crippen LogP contribution in [0.5, 0.6) is 0 Å². The highest BCUT2D eigenvalue weighted by molar-refractivity contribution is 5.73. The van der Waals surface area contributed by atoms with Crippen LogP contribution in [0.2, 0.25) is 0 Å². The van der Waals surface area contributed by atoms with Gasteiger partial charge in [-0.05, 0) is 39.4 Å². The summed E-state index contributed by atoms with van der Waals surface area (Å²) >= 11 is 0. The lowest BCUT2D eigenvalue weighted by Crippen LogP contribution is -2.37. The zero-order chi connectivity index (χ0) is 18.7. The van der Waals surface area contributed by atoms with E-state index in [0.29, 0.717) is 12.2 Å². The predicted molar refractivity (Wildman–Crippen MR) is 101 cm³/mol. The molecule has 0 bridgehead atoms. The van der Waals surface area contributed by atoms with E-state index in [2.05, 4.69) is 28.8 Å². The Morgan fingerprint density at radius 3 is 2.77 bits per heavy atom. The van der Waals surface area contributed by atoms with Gasteiger partial charge in [-0.3, -0.25) is 14.3 Å². The maximum absolute atomic E-state index is 13.6. The number of fused-ring (bicyclic) bond motifs is 1. The Morgan fingerprint density at radius 1 is 1.23 bits per heavy atom.